The molecule has 0 nitrogen and oxygen atoms in total. The van der Waals surface area contributed by atoms with Crippen LogP contribution < -0.4 is 0 Å². The average molecular weight is 190 g/mol. The zero-order valence-corrected chi connectivity index (χ0v) is 9.45. The van der Waals surface area contributed by atoms with Crippen molar-refractivity contribution in [3.8, 4) is 0 Å². The van der Waals surface area contributed by atoms with Crippen LogP contribution >= 0.6 is 0 Å². The summed E-state index contributed by atoms with van der Waals surface area (Å²) in [7, 11) is 0. The van der Waals surface area contributed by atoms with E-state index in [0.29, 0.717) is 0 Å². The molecule has 78 valence electrons. The Morgan fingerprint density at radius 1 is 1.43 bits per heavy atom. The van der Waals surface area contributed by atoms with E-state index < -0.39 is 0 Å². The second kappa shape index (κ2) is 6.64. The molecular formula is C14H22. The quantitative estimate of drug-likeness (QED) is 0.560. The number of rotatable bonds is 5. The molecule has 0 aromatic heterocycles. The Morgan fingerprint density at radius 2 is 2.29 bits per heavy atom. The van der Waals surface area contributed by atoms with Crippen molar-refractivity contribution in [1.29, 1.82) is 0 Å². The fraction of sp³-hybridized carbons (Fsp3) is 0.571. The van der Waals surface area contributed by atoms with Gasteiger partial charge in [-0.15, -0.1) is 0 Å². The van der Waals surface area contributed by atoms with E-state index in [1.807, 2.05) is 0 Å². The summed E-state index contributed by atoms with van der Waals surface area (Å²) >= 11 is 0. The lowest BCUT2D eigenvalue weighted by Crippen LogP contribution is -1.96. The Labute approximate surface area is 88.4 Å². The maximum absolute atomic E-state index is 2.35. The molecule has 0 radical (unpaired) electrons. The minimum Gasteiger partial charge on any atom is -0.0882 e. The van der Waals surface area contributed by atoms with Crippen LogP contribution in [0.4, 0.5) is 0 Å². The molecule has 1 aliphatic rings. The molecule has 0 saturated heterocycles. The highest BCUT2D eigenvalue weighted by molar-refractivity contribution is 5.10. The summed E-state index contributed by atoms with van der Waals surface area (Å²) in [5, 5.41) is 0. The molecule has 0 aliphatic heterocycles. The van der Waals surface area contributed by atoms with Crippen LogP contribution in [0.2, 0.25) is 0 Å². The summed E-state index contributed by atoms with van der Waals surface area (Å²) in [6.07, 6.45) is 18.6. The lowest BCUT2D eigenvalue weighted by atomic mass is 9.95. The standard InChI is InChI=1S/C14H22/c1-3-13(2)9-7-8-12-14-10-5-4-6-11-14/h4-7,9-10,13-14H,3,8,11-12H2,1-2H3/b9-7-/t13-,14+/m1/s1. The molecule has 0 aromatic carbocycles. The zero-order chi connectivity index (χ0) is 10.2. The fourth-order valence-corrected chi connectivity index (χ4v) is 1.62. The summed E-state index contributed by atoms with van der Waals surface area (Å²) in [4.78, 5) is 0. The van der Waals surface area contributed by atoms with Gasteiger partial charge in [0.15, 0.2) is 0 Å². The van der Waals surface area contributed by atoms with Gasteiger partial charge in [0, 0.05) is 0 Å². The van der Waals surface area contributed by atoms with Gasteiger partial charge >= 0.3 is 0 Å². The first-order valence-electron chi connectivity index (χ1n) is 5.83. The van der Waals surface area contributed by atoms with E-state index in [2.05, 4.69) is 50.3 Å². The van der Waals surface area contributed by atoms with Gasteiger partial charge in [-0.3, -0.25) is 0 Å². The van der Waals surface area contributed by atoms with E-state index in [4.69, 9.17) is 0 Å². The largest absolute Gasteiger partial charge is 0.0882 e. The maximum atomic E-state index is 2.35. The van der Waals surface area contributed by atoms with Crippen molar-refractivity contribution in [2.45, 2.75) is 39.5 Å². The van der Waals surface area contributed by atoms with Crippen LogP contribution in [-0.4, -0.2) is 0 Å². The van der Waals surface area contributed by atoms with Gasteiger partial charge in [-0.1, -0.05) is 56.7 Å². The highest BCUT2D eigenvalue weighted by atomic mass is 14.1. The average Bonchev–Trinajstić information content (AvgIpc) is 2.25. The Bertz CT molecular complexity index is 220. The molecule has 1 rings (SSSR count). The molecule has 2 atom stereocenters. The summed E-state index contributed by atoms with van der Waals surface area (Å²) in [6, 6.07) is 0. The first-order valence-corrected chi connectivity index (χ1v) is 5.83. The van der Waals surface area contributed by atoms with Crippen molar-refractivity contribution in [2.24, 2.45) is 11.8 Å². The van der Waals surface area contributed by atoms with Gasteiger partial charge in [0.25, 0.3) is 0 Å². The van der Waals surface area contributed by atoms with Crippen molar-refractivity contribution in [2.75, 3.05) is 0 Å². The summed E-state index contributed by atoms with van der Waals surface area (Å²) in [5.74, 6) is 1.53. The normalized spacial score (nSPS) is 23.1. The van der Waals surface area contributed by atoms with Crippen LogP contribution in [0.1, 0.15) is 39.5 Å². The van der Waals surface area contributed by atoms with Crippen LogP contribution in [-0.2, 0) is 0 Å². The van der Waals surface area contributed by atoms with Gasteiger partial charge < -0.3 is 0 Å². The molecule has 0 unspecified atom stereocenters. The van der Waals surface area contributed by atoms with Crippen LogP contribution in [0.25, 0.3) is 0 Å². The van der Waals surface area contributed by atoms with Gasteiger partial charge in [-0.2, -0.15) is 0 Å². The zero-order valence-electron chi connectivity index (χ0n) is 9.45. The molecule has 0 saturated carbocycles. The molecule has 0 bridgehead atoms. The van der Waals surface area contributed by atoms with E-state index in [1.165, 1.54) is 25.7 Å². The number of allylic oxidation sites excluding steroid dienone is 6. The van der Waals surface area contributed by atoms with Crippen LogP contribution in [0.5, 0.6) is 0 Å². The molecule has 0 fully saturated rings. The smallest absolute Gasteiger partial charge is 0.0193 e. The lowest BCUT2D eigenvalue weighted by molar-refractivity contribution is 0.599. The Balaban J connectivity index is 2.12. The van der Waals surface area contributed by atoms with Crippen molar-refractivity contribution in [1.82, 2.24) is 0 Å². The van der Waals surface area contributed by atoms with Crippen molar-refractivity contribution >= 4 is 0 Å². The predicted molar refractivity (Wildman–Crippen MR) is 64.2 cm³/mol. The van der Waals surface area contributed by atoms with Gasteiger partial charge in [-0.25, -0.2) is 0 Å². The maximum Gasteiger partial charge on any atom is -0.0193 e. The van der Waals surface area contributed by atoms with Gasteiger partial charge in [0.05, 0.1) is 0 Å². The molecule has 0 heteroatoms. The summed E-state index contributed by atoms with van der Waals surface area (Å²) in [5.41, 5.74) is 0. The highest BCUT2D eigenvalue weighted by Gasteiger charge is 2.02. The van der Waals surface area contributed by atoms with E-state index in [0.717, 1.165) is 11.8 Å². The summed E-state index contributed by atoms with van der Waals surface area (Å²) < 4.78 is 0. The van der Waals surface area contributed by atoms with Crippen molar-refractivity contribution in [3.05, 3.63) is 36.5 Å². The minimum atomic E-state index is 0.747. The molecule has 14 heavy (non-hydrogen) atoms. The third kappa shape index (κ3) is 4.45. The molecule has 0 heterocycles. The van der Waals surface area contributed by atoms with E-state index in [-0.39, 0.29) is 0 Å². The molecule has 0 spiro atoms. The third-order valence-electron chi connectivity index (χ3n) is 2.88. The van der Waals surface area contributed by atoms with E-state index >= 15 is 0 Å². The van der Waals surface area contributed by atoms with Crippen LogP contribution in [0.15, 0.2) is 36.5 Å². The SMILES string of the molecule is CC[C@@H](C)/C=C\CC[C@H]1C=CC=CC1. The van der Waals surface area contributed by atoms with Gasteiger partial charge in [0.1, 0.15) is 0 Å². The molecular weight excluding hydrogens is 168 g/mol. The predicted octanol–water partition coefficient (Wildman–Crippen LogP) is 4.50. The van der Waals surface area contributed by atoms with E-state index in [1.54, 1.807) is 0 Å². The summed E-state index contributed by atoms with van der Waals surface area (Å²) in [6.45, 7) is 4.52. The van der Waals surface area contributed by atoms with Crippen LogP contribution in [0.3, 0.4) is 0 Å². The Hall–Kier alpha value is -0.780. The van der Waals surface area contributed by atoms with Crippen molar-refractivity contribution in [3.63, 3.8) is 0 Å². The Morgan fingerprint density at radius 3 is 2.93 bits per heavy atom. The molecule has 1 aliphatic carbocycles. The highest BCUT2D eigenvalue weighted by Crippen LogP contribution is 2.17. The lowest BCUT2D eigenvalue weighted by Gasteiger charge is -2.10. The number of hydrogen-bond donors (Lipinski definition) is 0. The third-order valence-corrected chi connectivity index (χ3v) is 2.88. The number of hydrogen-bond acceptors (Lipinski definition) is 0. The first kappa shape index (κ1) is 11.3. The first-order chi connectivity index (χ1) is 6.83. The van der Waals surface area contributed by atoms with Crippen molar-refractivity contribution < 1.29 is 0 Å². The molecule has 0 aromatic rings. The van der Waals surface area contributed by atoms with Crippen LogP contribution in [0, 0.1) is 11.8 Å². The van der Waals surface area contributed by atoms with Gasteiger partial charge in [0.2, 0.25) is 0 Å². The monoisotopic (exact) mass is 190 g/mol. The fourth-order valence-electron chi connectivity index (χ4n) is 1.62. The second-order valence-corrected chi connectivity index (χ2v) is 4.20. The minimum absolute atomic E-state index is 0.747. The van der Waals surface area contributed by atoms with E-state index in [9.17, 15) is 0 Å². The second-order valence-electron chi connectivity index (χ2n) is 4.20. The Kier molecular flexibility index (Phi) is 5.36. The molecule has 0 amide bonds. The topological polar surface area (TPSA) is 0 Å². The van der Waals surface area contributed by atoms with Gasteiger partial charge in [-0.05, 0) is 31.1 Å². The molecule has 0 N–H and O–H groups in total.